The molecule has 5 heteroatoms. The Morgan fingerprint density at radius 3 is 2.41 bits per heavy atom. The van der Waals surface area contributed by atoms with Gasteiger partial charge in [-0.1, -0.05) is 0 Å². The zero-order chi connectivity index (χ0) is 12.7. The fourth-order valence-corrected chi connectivity index (χ4v) is 1.20. The van der Waals surface area contributed by atoms with Crippen LogP contribution in [0.5, 0.6) is 11.5 Å². The normalized spacial score (nSPS) is 9.82. The molecule has 17 heavy (non-hydrogen) atoms. The minimum Gasteiger partial charge on any atom is -0.497 e. The highest BCUT2D eigenvalue weighted by Gasteiger charge is 2.08. The molecule has 0 heterocycles. The molecular formula is C12H17NO4. The molecule has 1 aromatic rings. The van der Waals surface area contributed by atoms with Crippen LogP contribution in [-0.4, -0.2) is 49.8 Å². The van der Waals surface area contributed by atoms with Crippen molar-refractivity contribution in [1.82, 2.24) is 4.90 Å². The van der Waals surface area contributed by atoms with Crippen molar-refractivity contribution >= 4 is 5.91 Å². The molecule has 5 nitrogen and oxygen atoms in total. The third-order valence-electron chi connectivity index (χ3n) is 2.28. The van der Waals surface area contributed by atoms with Crippen LogP contribution in [-0.2, 0) is 4.79 Å². The van der Waals surface area contributed by atoms with Crippen molar-refractivity contribution in [3.63, 3.8) is 0 Å². The predicted octanol–water partition coefficient (Wildman–Crippen LogP) is 0.525. The zero-order valence-electron chi connectivity index (χ0n) is 10.0. The predicted molar refractivity (Wildman–Crippen MR) is 63.2 cm³/mol. The molecule has 0 saturated carbocycles. The number of nitrogens with zero attached hydrogens (tertiary/aromatic N) is 1. The molecule has 0 saturated heterocycles. The number of likely N-dealkylation sites (N-methyl/N-ethyl adjacent to an activating group) is 1. The summed E-state index contributed by atoms with van der Waals surface area (Å²) in [6, 6.07) is 6.99. The first-order valence-corrected chi connectivity index (χ1v) is 5.29. The average Bonchev–Trinajstić information content (AvgIpc) is 2.36. The van der Waals surface area contributed by atoms with Crippen LogP contribution in [0.3, 0.4) is 0 Å². The van der Waals surface area contributed by atoms with Crippen LogP contribution in [0.1, 0.15) is 0 Å². The van der Waals surface area contributed by atoms with Gasteiger partial charge in [0.2, 0.25) is 0 Å². The number of hydrogen-bond donors (Lipinski definition) is 1. The van der Waals surface area contributed by atoms with Crippen LogP contribution >= 0.6 is 0 Å². The van der Waals surface area contributed by atoms with Crippen molar-refractivity contribution in [2.45, 2.75) is 0 Å². The van der Waals surface area contributed by atoms with Gasteiger partial charge in [0.15, 0.2) is 6.61 Å². The maximum Gasteiger partial charge on any atom is 0.260 e. The second-order valence-corrected chi connectivity index (χ2v) is 3.50. The number of aliphatic hydroxyl groups excluding tert-OH is 1. The van der Waals surface area contributed by atoms with Gasteiger partial charge in [-0.05, 0) is 24.3 Å². The van der Waals surface area contributed by atoms with E-state index in [1.54, 1.807) is 38.4 Å². The molecule has 0 spiro atoms. The topological polar surface area (TPSA) is 59.0 Å². The van der Waals surface area contributed by atoms with Gasteiger partial charge < -0.3 is 19.5 Å². The average molecular weight is 239 g/mol. The van der Waals surface area contributed by atoms with E-state index < -0.39 is 0 Å². The molecule has 0 aliphatic carbocycles. The Labute approximate surface area is 101 Å². The molecule has 1 aromatic carbocycles. The smallest absolute Gasteiger partial charge is 0.260 e. The van der Waals surface area contributed by atoms with Crippen LogP contribution in [0.25, 0.3) is 0 Å². The van der Waals surface area contributed by atoms with Gasteiger partial charge in [0.25, 0.3) is 5.91 Å². The van der Waals surface area contributed by atoms with Crippen molar-refractivity contribution in [2.24, 2.45) is 0 Å². The van der Waals surface area contributed by atoms with Gasteiger partial charge in [-0.15, -0.1) is 0 Å². The Kier molecular flexibility index (Phi) is 5.29. The molecule has 0 aliphatic rings. The minimum atomic E-state index is -0.171. The van der Waals surface area contributed by atoms with Crippen molar-refractivity contribution in [3.05, 3.63) is 24.3 Å². The second-order valence-electron chi connectivity index (χ2n) is 3.50. The monoisotopic (exact) mass is 239 g/mol. The third kappa shape index (κ3) is 4.32. The first-order chi connectivity index (χ1) is 8.17. The summed E-state index contributed by atoms with van der Waals surface area (Å²) in [7, 11) is 3.21. The Morgan fingerprint density at radius 1 is 1.29 bits per heavy atom. The van der Waals surface area contributed by atoms with Gasteiger partial charge in [0, 0.05) is 13.6 Å². The number of aliphatic hydroxyl groups is 1. The van der Waals surface area contributed by atoms with Gasteiger partial charge in [0.1, 0.15) is 11.5 Å². The fraction of sp³-hybridized carbons (Fsp3) is 0.417. The molecule has 0 unspecified atom stereocenters. The summed E-state index contributed by atoms with van der Waals surface area (Å²) in [6.07, 6.45) is 0. The summed E-state index contributed by atoms with van der Waals surface area (Å²) in [5, 5.41) is 8.68. The van der Waals surface area contributed by atoms with Crippen LogP contribution < -0.4 is 9.47 Å². The fourth-order valence-electron chi connectivity index (χ4n) is 1.20. The lowest BCUT2D eigenvalue weighted by Gasteiger charge is -2.15. The van der Waals surface area contributed by atoms with E-state index >= 15 is 0 Å². The van der Waals surface area contributed by atoms with Crippen molar-refractivity contribution < 1.29 is 19.4 Å². The molecule has 94 valence electrons. The van der Waals surface area contributed by atoms with E-state index in [0.717, 1.165) is 5.75 Å². The van der Waals surface area contributed by atoms with E-state index in [9.17, 15) is 4.79 Å². The lowest BCUT2D eigenvalue weighted by Crippen LogP contribution is -2.33. The van der Waals surface area contributed by atoms with Crippen LogP contribution in [0.2, 0.25) is 0 Å². The highest BCUT2D eigenvalue weighted by molar-refractivity contribution is 5.77. The number of carbonyl (C=O) groups is 1. The molecule has 0 aromatic heterocycles. The molecule has 0 bridgehead atoms. The molecule has 1 rings (SSSR count). The Bertz CT molecular complexity index is 350. The minimum absolute atomic E-state index is 0.0389. The molecule has 0 radical (unpaired) electrons. The lowest BCUT2D eigenvalue weighted by molar-refractivity contribution is -0.132. The van der Waals surface area contributed by atoms with Gasteiger partial charge in [-0.25, -0.2) is 0 Å². The van der Waals surface area contributed by atoms with Gasteiger partial charge in [0.05, 0.1) is 13.7 Å². The first kappa shape index (κ1) is 13.3. The van der Waals surface area contributed by atoms with Crippen LogP contribution in [0.15, 0.2) is 24.3 Å². The van der Waals surface area contributed by atoms with Crippen LogP contribution in [0.4, 0.5) is 0 Å². The lowest BCUT2D eigenvalue weighted by atomic mass is 10.3. The molecule has 0 aliphatic heterocycles. The first-order valence-electron chi connectivity index (χ1n) is 5.29. The van der Waals surface area contributed by atoms with E-state index in [2.05, 4.69) is 0 Å². The number of rotatable bonds is 6. The summed E-state index contributed by atoms with van der Waals surface area (Å²) >= 11 is 0. The quantitative estimate of drug-likeness (QED) is 0.786. The Morgan fingerprint density at radius 2 is 1.88 bits per heavy atom. The SMILES string of the molecule is COc1ccc(OCC(=O)N(C)CCO)cc1. The van der Waals surface area contributed by atoms with E-state index in [4.69, 9.17) is 14.6 Å². The van der Waals surface area contributed by atoms with E-state index in [1.165, 1.54) is 4.90 Å². The Balaban J connectivity index is 2.41. The second kappa shape index (κ2) is 6.75. The molecule has 1 amide bonds. The number of methoxy groups -OCH3 is 1. The summed E-state index contributed by atoms with van der Waals surface area (Å²) in [4.78, 5) is 12.9. The van der Waals surface area contributed by atoms with E-state index in [-0.39, 0.29) is 19.1 Å². The summed E-state index contributed by atoms with van der Waals surface area (Å²) in [5.41, 5.74) is 0. The largest absolute Gasteiger partial charge is 0.497 e. The number of ether oxygens (including phenoxy) is 2. The maximum atomic E-state index is 11.5. The molecule has 0 fully saturated rings. The number of hydrogen-bond acceptors (Lipinski definition) is 4. The zero-order valence-corrected chi connectivity index (χ0v) is 10.0. The van der Waals surface area contributed by atoms with E-state index in [1.807, 2.05) is 0 Å². The molecular weight excluding hydrogens is 222 g/mol. The molecule has 0 atom stereocenters. The van der Waals surface area contributed by atoms with Gasteiger partial charge in [-0.3, -0.25) is 4.79 Å². The summed E-state index contributed by atoms with van der Waals surface area (Å²) in [5.74, 6) is 1.17. The Hall–Kier alpha value is -1.75. The number of carbonyl (C=O) groups excluding carboxylic acids is 1. The number of benzene rings is 1. The number of amides is 1. The van der Waals surface area contributed by atoms with Crippen molar-refractivity contribution in [1.29, 1.82) is 0 Å². The maximum absolute atomic E-state index is 11.5. The summed E-state index contributed by atoms with van der Waals surface area (Å²) in [6.45, 7) is 0.221. The third-order valence-corrected chi connectivity index (χ3v) is 2.28. The highest BCUT2D eigenvalue weighted by Crippen LogP contribution is 2.16. The van der Waals surface area contributed by atoms with Gasteiger partial charge >= 0.3 is 0 Å². The van der Waals surface area contributed by atoms with Crippen molar-refractivity contribution in [2.75, 3.05) is 33.9 Å². The highest BCUT2D eigenvalue weighted by atomic mass is 16.5. The summed E-state index contributed by atoms with van der Waals surface area (Å²) < 4.78 is 10.3. The van der Waals surface area contributed by atoms with E-state index in [0.29, 0.717) is 12.3 Å². The van der Waals surface area contributed by atoms with Crippen molar-refractivity contribution in [3.8, 4) is 11.5 Å². The molecule has 1 N–H and O–H groups in total. The van der Waals surface area contributed by atoms with Gasteiger partial charge in [-0.2, -0.15) is 0 Å². The standard InChI is InChI=1S/C12H17NO4/c1-13(7-8-14)12(15)9-17-11-5-3-10(16-2)4-6-11/h3-6,14H,7-9H2,1-2H3. The van der Waals surface area contributed by atoms with Crippen LogP contribution in [0, 0.1) is 0 Å².